The highest BCUT2D eigenvalue weighted by Gasteiger charge is 2.23. The lowest BCUT2D eigenvalue weighted by atomic mass is 9.98. The summed E-state index contributed by atoms with van der Waals surface area (Å²) in [5, 5.41) is 0. The molecule has 0 aliphatic rings. The van der Waals surface area contributed by atoms with Crippen molar-refractivity contribution in [1.29, 1.82) is 0 Å². The Morgan fingerprint density at radius 2 is 1.58 bits per heavy atom. The molecule has 3 heteroatoms. The molecule has 0 radical (unpaired) electrons. The molecule has 0 unspecified atom stereocenters. The van der Waals surface area contributed by atoms with Crippen LogP contribution < -0.4 is 0 Å². The third-order valence-corrected chi connectivity index (χ3v) is 3.40. The molecule has 1 aromatic rings. The molecule has 0 saturated carbocycles. The average Bonchev–Trinajstić information content (AvgIpc) is 2.37. The summed E-state index contributed by atoms with van der Waals surface area (Å²) in [6.07, 6.45) is 0.872. The number of ether oxygens (including phenoxy) is 2. The second-order valence-corrected chi connectivity index (χ2v) is 6.25. The summed E-state index contributed by atoms with van der Waals surface area (Å²) in [6.45, 7) is 9.75. The molecule has 0 fully saturated rings. The van der Waals surface area contributed by atoms with Crippen LogP contribution in [0.4, 0.5) is 0 Å². The van der Waals surface area contributed by atoms with Crippen molar-refractivity contribution in [2.45, 2.75) is 45.3 Å². The predicted molar refractivity (Wildman–Crippen MR) is 83.9 cm³/mol. The minimum absolute atomic E-state index is 0.157. The molecule has 0 bridgehead atoms. The van der Waals surface area contributed by atoms with Crippen molar-refractivity contribution in [3.8, 4) is 0 Å². The zero-order chi connectivity index (χ0) is 14.4. The summed E-state index contributed by atoms with van der Waals surface area (Å²) in [6, 6.07) is 10.3. The molecule has 0 N–H and O–H groups in total. The molecule has 0 spiro atoms. The maximum Gasteiger partial charge on any atom is 0.0875 e. The van der Waals surface area contributed by atoms with Crippen LogP contribution in [0.2, 0.25) is 0 Å². The summed E-state index contributed by atoms with van der Waals surface area (Å²) in [5.74, 6) is 0.750. The summed E-state index contributed by atoms with van der Waals surface area (Å²) in [5.41, 5.74) is 0.778. The summed E-state index contributed by atoms with van der Waals surface area (Å²) in [4.78, 5) is 0. The molecule has 0 saturated heterocycles. The van der Waals surface area contributed by atoms with E-state index in [0.29, 0.717) is 13.2 Å². The Bertz CT molecular complexity index is 360. The van der Waals surface area contributed by atoms with Gasteiger partial charge in [-0.1, -0.05) is 30.3 Å². The van der Waals surface area contributed by atoms with E-state index >= 15 is 0 Å². The highest BCUT2D eigenvalue weighted by Crippen LogP contribution is 2.25. The number of benzene rings is 1. The number of thiol groups is 1. The van der Waals surface area contributed by atoms with Crippen LogP contribution in [0.3, 0.4) is 0 Å². The van der Waals surface area contributed by atoms with Crippen LogP contribution in [0.15, 0.2) is 30.3 Å². The van der Waals surface area contributed by atoms with E-state index in [1.165, 1.54) is 5.56 Å². The van der Waals surface area contributed by atoms with Gasteiger partial charge in [-0.3, -0.25) is 0 Å². The SMILES string of the molecule is CC(C)(CCOC(C)(C)c1ccccc1)OCCS. The van der Waals surface area contributed by atoms with E-state index in [1.807, 2.05) is 18.2 Å². The molecule has 0 aliphatic heterocycles. The van der Waals surface area contributed by atoms with Crippen molar-refractivity contribution in [1.82, 2.24) is 0 Å². The van der Waals surface area contributed by atoms with E-state index in [4.69, 9.17) is 9.47 Å². The second-order valence-electron chi connectivity index (χ2n) is 5.81. The Morgan fingerprint density at radius 3 is 2.16 bits per heavy atom. The summed E-state index contributed by atoms with van der Waals surface area (Å²) >= 11 is 4.16. The van der Waals surface area contributed by atoms with Crippen LogP contribution in [0.5, 0.6) is 0 Å². The van der Waals surface area contributed by atoms with E-state index < -0.39 is 0 Å². The van der Waals surface area contributed by atoms with Gasteiger partial charge in [-0.05, 0) is 39.7 Å². The normalized spacial score (nSPS) is 12.7. The van der Waals surface area contributed by atoms with Gasteiger partial charge in [0.25, 0.3) is 0 Å². The molecule has 0 heterocycles. The number of hydrogen-bond donors (Lipinski definition) is 1. The van der Waals surface area contributed by atoms with Crippen LogP contribution in [-0.4, -0.2) is 24.6 Å². The van der Waals surface area contributed by atoms with Gasteiger partial charge < -0.3 is 9.47 Å². The van der Waals surface area contributed by atoms with Gasteiger partial charge >= 0.3 is 0 Å². The topological polar surface area (TPSA) is 18.5 Å². The highest BCUT2D eigenvalue weighted by atomic mass is 32.1. The molecular weight excluding hydrogens is 256 g/mol. The van der Waals surface area contributed by atoms with Gasteiger partial charge in [0.2, 0.25) is 0 Å². The maximum absolute atomic E-state index is 6.03. The standard InChI is InChI=1S/C16H26O2S/c1-15(2,17-12-13-19)10-11-18-16(3,4)14-8-6-5-7-9-14/h5-9,19H,10-13H2,1-4H3. The fourth-order valence-corrected chi connectivity index (χ4v) is 1.96. The van der Waals surface area contributed by atoms with Gasteiger partial charge in [0, 0.05) is 5.75 Å². The van der Waals surface area contributed by atoms with Crippen molar-refractivity contribution < 1.29 is 9.47 Å². The lowest BCUT2D eigenvalue weighted by molar-refractivity contribution is -0.0709. The Morgan fingerprint density at radius 1 is 0.947 bits per heavy atom. The largest absolute Gasteiger partial charge is 0.375 e. The van der Waals surface area contributed by atoms with Gasteiger partial charge in [-0.2, -0.15) is 12.6 Å². The fraction of sp³-hybridized carbons (Fsp3) is 0.625. The van der Waals surface area contributed by atoms with Crippen molar-refractivity contribution in [3.63, 3.8) is 0 Å². The van der Waals surface area contributed by atoms with E-state index in [-0.39, 0.29) is 11.2 Å². The first kappa shape index (κ1) is 16.5. The van der Waals surface area contributed by atoms with E-state index in [1.54, 1.807) is 0 Å². The Labute approximate surface area is 122 Å². The van der Waals surface area contributed by atoms with Crippen LogP contribution in [0, 0.1) is 0 Å². The zero-order valence-electron chi connectivity index (χ0n) is 12.5. The van der Waals surface area contributed by atoms with Crippen molar-refractivity contribution >= 4 is 12.6 Å². The molecular formula is C16H26O2S. The minimum Gasteiger partial charge on any atom is -0.375 e. The molecule has 0 amide bonds. The molecule has 1 rings (SSSR count). The van der Waals surface area contributed by atoms with E-state index in [0.717, 1.165) is 12.2 Å². The van der Waals surface area contributed by atoms with Gasteiger partial charge in [-0.25, -0.2) is 0 Å². The number of hydrogen-bond acceptors (Lipinski definition) is 3. The Balaban J connectivity index is 2.44. The molecule has 108 valence electrons. The molecule has 2 nitrogen and oxygen atoms in total. The first-order valence-corrected chi connectivity index (χ1v) is 7.45. The zero-order valence-corrected chi connectivity index (χ0v) is 13.4. The van der Waals surface area contributed by atoms with Crippen LogP contribution in [-0.2, 0) is 15.1 Å². The molecule has 0 aliphatic carbocycles. The molecule has 0 atom stereocenters. The third kappa shape index (κ3) is 5.98. The van der Waals surface area contributed by atoms with Gasteiger partial charge in [-0.15, -0.1) is 0 Å². The molecule has 0 aromatic heterocycles. The monoisotopic (exact) mass is 282 g/mol. The van der Waals surface area contributed by atoms with Crippen molar-refractivity contribution in [2.24, 2.45) is 0 Å². The number of rotatable bonds is 8. The average molecular weight is 282 g/mol. The first-order valence-electron chi connectivity index (χ1n) is 6.82. The maximum atomic E-state index is 6.03. The lowest BCUT2D eigenvalue weighted by Crippen LogP contribution is -2.30. The quantitative estimate of drug-likeness (QED) is 0.725. The van der Waals surface area contributed by atoms with Gasteiger partial charge in [0.1, 0.15) is 0 Å². The van der Waals surface area contributed by atoms with Crippen molar-refractivity contribution in [3.05, 3.63) is 35.9 Å². The van der Waals surface area contributed by atoms with Gasteiger partial charge in [0.15, 0.2) is 0 Å². The summed E-state index contributed by atoms with van der Waals surface area (Å²) in [7, 11) is 0. The Hall–Kier alpha value is -0.510. The third-order valence-electron chi connectivity index (χ3n) is 3.22. The van der Waals surface area contributed by atoms with Crippen LogP contribution in [0.25, 0.3) is 0 Å². The van der Waals surface area contributed by atoms with Gasteiger partial charge in [0.05, 0.1) is 24.4 Å². The molecule has 1 aromatic carbocycles. The first-order chi connectivity index (χ1) is 8.87. The van der Waals surface area contributed by atoms with E-state index in [2.05, 4.69) is 52.5 Å². The van der Waals surface area contributed by atoms with Crippen LogP contribution >= 0.6 is 12.6 Å². The fourth-order valence-electron chi connectivity index (χ4n) is 1.87. The highest BCUT2D eigenvalue weighted by molar-refractivity contribution is 7.80. The van der Waals surface area contributed by atoms with Crippen molar-refractivity contribution in [2.75, 3.05) is 19.0 Å². The predicted octanol–water partition coefficient (Wildman–Crippen LogP) is 4.05. The molecule has 19 heavy (non-hydrogen) atoms. The van der Waals surface area contributed by atoms with E-state index in [9.17, 15) is 0 Å². The second kappa shape index (κ2) is 7.32. The lowest BCUT2D eigenvalue weighted by Gasteiger charge is -2.30. The summed E-state index contributed by atoms with van der Waals surface area (Å²) < 4.78 is 11.8. The minimum atomic E-state index is -0.263. The van der Waals surface area contributed by atoms with Crippen LogP contribution in [0.1, 0.15) is 39.7 Å². The Kier molecular flexibility index (Phi) is 6.37. The smallest absolute Gasteiger partial charge is 0.0875 e.